The van der Waals surface area contributed by atoms with Crippen molar-refractivity contribution in [2.45, 2.75) is 20.3 Å². The number of ether oxygens (including phenoxy) is 2. The molecule has 1 saturated heterocycles. The average Bonchev–Trinajstić information content (AvgIpc) is 2.38. The summed E-state index contributed by atoms with van der Waals surface area (Å²) >= 11 is 0. The summed E-state index contributed by atoms with van der Waals surface area (Å²) in [5.74, 6) is -0.531. The average molecular weight is 271 g/mol. The molecule has 0 radical (unpaired) electrons. The highest BCUT2D eigenvalue weighted by Gasteiger charge is 2.13. The Bertz CT molecular complexity index is 338. The summed E-state index contributed by atoms with van der Waals surface area (Å²) in [5, 5.41) is 3.87. The van der Waals surface area contributed by atoms with E-state index in [1.807, 2.05) is 4.90 Å². The van der Waals surface area contributed by atoms with E-state index in [2.05, 4.69) is 10.5 Å². The molecule has 0 aromatic carbocycles. The Hall–Kier alpha value is -1.47. The first-order valence-electron chi connectivity index (χ1n) is 6.39. The van der Waals surface area contributed by atoms with Gasteiger partial charge in [0, 0.05) is 18.8 Å². The first-order valence-corrected chi connectivity index (χ1v) is 6.39. The lowest BCUT2D eigenvalue weighted by molar-refractivity contribution is -0.141. The van der Waals surface area contributed by atoms with E-state index >= 15 is 0 Å². The second kappa shape index (κ2) is 8.60. The van der Waals surface area contributed by atoms with Gasteiger partial charge >= 0.3 is 5.97 Å². The van der Waals surface area contributed by atoms with E-state index in [0.717, 1.165) is 13.1 Å². The van der Waals surface area contributed by atoms with E-state index in [1.165, 1.54) is 0 Å². The van der Waals surface area contributed by atoms with Crippen molar-refractivity contribution in [1.82, 2.24) is 10.3 Å². The van der Waals surface area contributed by atoms with E-state index in [-0.39, 0.29) is 18.3 Å². The molecule has 1 heterocycles. The maximum Gasteiger partial charge on any atom is 0.311 e. The third-order valence-electron chi connectivity index (χ3n) is 2.55. The summed E-state index contributed by atoms with van der Waals surface area (Å²) < 4.78 is 9.98. The molecule has 1 N–H and O–H groups in total. The van der Waals surface area contributed by atoms with Crippen molar-refractivity contribution in [3.63, 3.8) is 0 Å². The fourth-order valence-corrected chi connectivity index (χ4v) is 1.62. The zero-order chi connectivity index (χ0) is 14.1. The van der Waals surface area contributed by atoms with Crippen LogP contribution in [-0.2, 0) is 19.1 Å². The second-order valence-corrected chi connectivity index (χ2v) is 4.25. The maximum absolute atomic E-state index is 11.6. The Morgan fingerprint density at radius 2 is 2.05 bits per heavy atom. The number of nitrogens with one attached hydrogen (secondary N) is 1. The molecule has 0 saturated carbocycles. The number of carbonyl (C=O) groups excluding carboxylic acids is 2. The first-order chi connectivity index (χ1) is 9.11. The number of carbonyl (C=O) groups is 2. The number of hydrogen-bond acceptors (Lipinski definition) is 6. The summed E-state index contributed by atoms with van der Waals surface area (Å²) in [4.78, 5) is 24.8. The first kappa shape index (κ1) is 15.6. The molecule has 0 atom stereocenters. The number of nitrogens with zero attached hydrogens (tertiary/aromatic N) is 2. The van der Waals surface area contributed by atoms with Crippen molar-refractivity contribution in [2.24, 2.45) is 5.10 Å². The van der Waals surface area contributed by atoms with Gasteiger partial charge in [-0.15, -0.1) is 0 Å². The molecule has 0 aromatic rings. The van der Waals surface area contributed by atoms with E-state index in [9.17, 15) is 9.59 Å². The normalized spacial score (nSPS) is 17.1. The standard InChI is InChI=1S/C12H21N3O4/c1-3-19-12(17)8-10(2)13-14-11(16)9-15-4-6-18-7-5-15/h3-9H2,1-2H3,(H,14,16)/b13-10-. The van der Waals surface area contributed by atoms with Crippen molar-refractivity contribution in [2.75, 3.05) is 39.5 Å². The quantitative estimate of drug-likeness (QED) is 0.410. The Balaban J connectivity index is 2.25. The number of amides is 1. The van der Waals surface area contributed by atoms with E-state index < -0.39 is 0 Å². The van der Waals surface area contributed by atoms with Gasteiger partial charge in [0.2, 0.25) is 0 Å². The minimum Gasteiger partial charge on any atom is -0.466 e. The molecule has 7 heteroatoms. The fraction of sp³-hybridized carbons (Fsp3) is 0.750. The van der Waals surface area contributed by atoms with Gasteiger partial charge in [-0.25, -0.2) is 5.43 Å². The highest BCUT2D eigenvalue weighted by Crippen LogP contribution is 1.95. The summed E-state index contributed by atoms with van der Waals surface area (Å²) in [7, 11) is 0. The zero-order valence-corrected chi connectivity index (χ0v) is 11.5. The predicted octanol–water partition coefficient (Wildman–Crippen LogP) is -0.236. The number of morpholine rings is 1. The number of hydrazone groups is 1. The van der Waals surface area contributed by atoms with Gasteiger partial charge in [-0.3, -0.25) is 14.5 Å². The largest absolute Gasteiger partial charge is 0.466 e. The van der Waals surface area contributed by atoms with Crippen LogP contribution in [0.1, 0.15) is 20.3 Å². The Morgan fingerprint density at radius 3 is 2.68 bits per heavy atom. The molecule has 1 fully saturated rings. The Labute approximate surface area is 112 Å². The van der Waals surface area contributed by atoms with Gasteiger partial charge in [-0.1, -0.05) is 0 Å². The van der Waals surface area contributed by atoms with E-state index in [0.29, 0.717) is 32.1 Å². The topological polar surface area (TPSA) is 80.2 Å². The van der Waals surface area contributed by atoms with E-state index in [1.54, 1.807) is 13.8 Å². The van der Waals surface area contributed by atoms with E-state index in [4.69, 9.17) is 9.47 Å². The molecule has 1 aliphatic rings. The lowest BCUT2D eigenvalue weighted by Gasteiger charge is -2.25. The number of esters is 1. The third-order valence-corrected chi connectivity index (χ3v) is 2.55. The van der Waals surface area contributed by atoms with Gasteiger partial charge in [-0.2, -0.15) is 5.10 Å². The molecule has 19 heavy (non-hydrogen) atoms. The van der Waals surface area contributed by atoms with Crippen LogP contribution in [0.5, 0.6) is 0 Å². The highest BCUT2D eigenvalue weighted by atomic mass is 16.5. The molecule has 108 valence electrons. The molecule has 1 amide bonds. The van der Waals surface area contributed by atoms with Crippen LogP contribution >= 0.6 is 0 Å². The minimum atomic E-state index is -0.342. The van der Waals surface area contributed by atoms with Crippen molar-refractivity contribution in [3.8, 4) is 0 Å². The summed E-state index contributed by atoms with van der Waals surface area (Å²) in [5.41, 5.74) is 2.96. The molecule has 0 unspecified atom stereocenters. The summed E-state index contributed by atoms with van der Waals surface area (Å²) in [6, 6.07) is 0. The van der Waals surface area contributed by atoms with Crippen LogP contribution in [0.2, 0.25) is 0 Å². The molecule has 1 rings (SSSR count). The zero-order valence-electron chi connectivity index (χ0n) is 11.5. The second-order valence-electron chi connectivity index (χ2n) is 4.25. The molecule has 0 bridgehead atoms. The van der Waals surface area contributed by atoms with Crippen LogP contribution in [0, 0.1) is 0 Å². The van der Waals surface area contributed by atoms with Gasteiger partial charge in [-0.05, 0) is 13.8 Å². The lowest BCUT2D eigenvalue weighted by atomic mass is 10.3. The lowest BCUT2D eigenvalue weighted by Crippen LogP contribution is -2.42. The van der Waals surface area contributed by atoms with Crippen molar-refractivity contribution < 1.29 is 19.1 Å². The molecule has 7 nitrogen and oxygen atoms in total. The molecule has 0 aromatic heterocycles. The van der Waals surface area contributed by atoms with Gasteiger partial charge in [0.15, 0.2) is 0 Å². The van der Waals surface area contributed by atoms with Crippen molar-refractivity contribution in [1.29, 1.82) is 0 Å². The van der Waals surface area contributed by atoms with Crippen LogP contribution < -0.4 is 5.43 Å². The Kier molecular flexibility index (Phi) is 7.06. The van der Waals surface area contributed by atoms with Crippen molar-refractivity contribution >= 4 is 17.6 Å². The SMILES string of the molecule is CCOC(=O)C/C(C)=N\NC(=O)CN1CCOCC1. The summed E-state index contributed by atoms with van der Waals surface area (Å²) in [6.07, 6.45) is 0.0890. The van der Waals surface area contributed by atoms with Gasteiger partial charge in [0.25, 0.3) is 5.91 Å². The summed E-state index contributed by atoms with van der Waals surface area (Å²) in [6.45, 7) is 6.85. The smallest absolute Gasteiger partial charge is 0.311 e. The van der Waals surface area contributed by atoms with Crippen molar-refractivity contribution in [3.05, 3.63) is 0 Å². The minimum absolute atomic E-state index is 0.0890. The predicted molar refractivity (Wildman–Crippen MR) is 69.8 cm³/mol. The van der Waals surface area contributed by atoms with Gasteiger partial charge < -0.3 is 9.47 Å². The van der Waals surface area contributed by atoms with Crippen LogP contribution in [0.3, 0.4) is 0 Å². The number of rotatable bonds is 6. The third kappa shape index (κ3) is 6.88. The number of hydrogen-bond donors (Lipinski definition) is 1. The van der Waals surface area contributed by atoms with Gasteiger partial charge in [0.1, 0.15) is 0 Å². The van der Waals surface area contributed by atoms with Crippen LogP contribution in [0.15, 0.2) is 5.10 Å². The van der Waals surface area contributed by atoms with Crippen LogP contribution in [0.25, 0.3) is 0 Å². The molecule has 1 aliphatic heterocycles. The maximum atomic E-state index is 11.6. The monoisotopic (exact) mass is 271 g/mol. The van der Waals surface area contributed by atoms with Crippen LogP contribution in [0.4, 0.5) is 0 Å². The highest BCUT2D eigenvalue weighted by molar-refractivity contribution is 5.98. The fourth-order valence-electron chi connectivity index (χ4n) is 1.62. The molecule has 0 spiro atoms. The Morgan fingerprint density at radius 1 is 1.37 bits per heavy atom. The van der Waals surface area contributed by atoms with Crippen LogP contribution in [-0.4, -0.2) is 61.9 Å². The molecular weight excluding hydrogens is 250 g/mol. The van der Waals surface area contributed by atoms with Gasteiger partial charge in [0.05, 0.1) is 32.8 Å². The molecule has 0 aliphatic carbocycles. The molecular formula is C12H21N3O4.